The quantitative estimate of drug-likeness (QED) is 0.0543. The summed E-state index contributed by atoms with van der Waals surface area (Å²) in [6.07, 6.45) is 1.95. The number of carbonyl (C=O) groups excluding carboxylic acids is 3. The van der Waals surface area contributed by atoms with Gasteiger partial charge in [-0.3, -0.25) is 14.5 Å². The number of aliphatic carboxylic acids is 2. The van der Waals surface area contributed by atoms with Crippen molar-refractivity contribution in [2.45, 2.75) is 44.0 Å². The summed E-state index contributed by atoms with van der Waals surface area (Å²) in [5.41, 5.74) is 12.0. The number of nitrogen functional groups attached to an aromatic ring is 1. The Balaban J connectivity index is 1.34. The van der Waals surface area contributed by atoms with Crippen molar-refractivity contribution in [1.29, 1.82) is 0 Å². The first-order valence-electron chi connectivity index (χ1n) is 13.9. The molecule has 248 valence electrons. The number of hydrogen-bond donors (Lipinski definition) is 5. The lowest BCUT2D eigenvalue weighted by Gasteiger charge is -2.49. The summed E-state index contributed by atoms with van der Waals surface area (Å²) in [4.78, 5) is 71.3. The number of anilines is 1. The number of amides is 3. The second-order valence-electron chi connectivity index (χ2n) is 10.3. The minimum absolute atomic E-state index is 0.00853. The molecule has 3 amide bonds. The highest BCUT2D eigenvalue weighted by molar-refractivity contribution is 8.00. The molecule has 3 atom stereocenters. The number of nitrogens with zero attached hydrogens (tertiary/aromatic N) is 5. The molecule has 3 aromatic heterocycles. The highest BCUT2D eigenvalue weighted by atomic mass is 35.5. The molecule has 0 bridgehead atoms. The molecular formula is C27H28ClN8O9S2+. The fourth-order valence-electron chi connectivity index (χ4n) is 5.01. The van der Waals surface area contributed by atoms with Crippen LogP contribution in [0.3, 0.4) is 0 Å². The number of thioether (sulfide) groups is 1. The number of aromatic nitrogens is 3. The molecule has 17 nitrogen and oxygen atoms in total. The van der Waals surface area contributed by atoms with E-state index in [1.54, 1.807) is 6.20 Å². The van der Waals surface area contributed by atoms with E-state index in [1.165, 1.54) is 18.7 Å². The molecule has 47 heavy (non-hydrogen) atoms. The molecular weight excluding hydrogens is 680 g/mol. The molecule has 0 saturated carbocycles. The number of aryl methyl sites for hydroxylation is 1. The number of oxime groups is 1. The molecule has 0 unspecified atom stereocenters. The van der Waals surface area contributed by atoms with E-state index in [-0.39, 0.29) is 39.8 Å². The second kappa shape index (κ2) is 13.9. The molecule has 1 fully saturated rings. The Morgan fingerprint density at radius 3 is 2.72 bits per heavy atom. The van der Waals surface area contributed by atoms with Crippen LogP contribution in [-0.2, 0) is 41.8 Å². The van der Waals surface area contributed by atoms with Crippen molar-refractivity contribution in [2.75, 3.05) is 18.1 Å². The summed E-state index contributed by atoms with van der Waals surface area (Å²) in [6.45, 7) is 2.09. The van der Waals surface area contributed by atoms with Crippen LogP contribution in [0.5, 0.6) is 0 Å². The van der Waals surface area contributed by atoms with Gasteiger partial charge in [0.1, 0.15) is 32.7 Å². The van der Waals surface area contributed by atoms with Gasteiger partial charge in [0.25, 0.3) is 11.8 Å². The van der Waals surface area contributed by atoms with Gasteiger partial charge in [0.15, 0.2) is 23.6 Å². The number of thiazole rings is 1. The van der Waals surface area contributed by atoms with Gasteiger partial charge >= 0.3 is 18.0 Å². The number of ether oxygens (including phenoxy) is 1. The first kappa shape index (κ1) is 33.5. The summed E-state index contributed by atoms with van der Waals surface area (Å²) < 4.78 is 8.62. The predicted molar refractivity (Wildman–Crippen MR) is 168 cm³/mol. The lowest BCUT2D eigenvalue weighted by atomic mass is 10.0. The number of fused-ring (bicyclic) bond motifs is 2. The van der Waals surface area contributed by atoms with Gasteiger partial charge in [-0.05, 0) is 19.4 Å². The van der Waals surface area contributed by atoms with E-state index in [4.69, 9.17) is 37.7 Å². The highest BCUT2D eigenvalue weighted by Gasteiger charge is 2.55. The van der Waals surface area contributed by atoms with Crippen LogP contribution in [0.15, 0.2) is 47.0 Å². The Kier molecular flexibility index (Phi) is 9.87. The van der Waals surface area contributed by atoms with Crippen LogP contribution < -0.4 is 21.4 Å². The molecule has 0 aromatic carbocycles. The normalized spacial score (nSPS) is 18.4. The first-order chi connectivity index (χ1) is 22.4. The third kappa shape index (κ3) is 6.96. The van der Waals surface area contributed by atoms with Crippen LogP contribution in [0, 0.1) is 0 Å². The van der Waals surface area contributed by atoms with Crippen molar-refractivity contribution in [3.05, 3.63) is 51.9 Å². The maximum atomic E-state index is 13.4. The van der Waals surface area contributed by atoms with E-state index in [0.717, 1.165) is 27.3 Å². The van der Waals surface area contributed by atoms with Gasteiger partial charge in [-0.25, -0.2) is 19.4 Å². The molecule has 1 saturated heterocycles. The summed E-state index contributed by atoms with van der Waals surface area (Å²) >= 11 is 8.29. The number of nitrogens with one attached hydrogen (secondary N) is 1. The lowest BCUT2D eigenvalue weighted by molar-refractivity contribution is -0.663. The minimum atomic E-state index is -1.42. The molecule has 2 aliphatic heterocycles. The van der Waals surface area contributed by atoms with Crippen molar-refractivity contribution in [3.8, 4) is 0 Å². The number of β-lactam (4-membered cyclic amide) rings is 1. The van der Waals surface area contributed by atoms with Gasteiger partial charge in [0.2, 0.25) is 11.6 Å². The van der Waals surface area contributed by atoms with Gasteiger partial charge in [0, 0.05) is 36.2 Å². The van der Waals surface area contributed by atoms with E-state index in [2.05, 4.69) is 15.5 Å². The first-order valence-corrected chi connectivity index (χ1v) is 16.1. The average Bonchev–Trinajstić information content (AvgIpc) is 3.59. The fraction of sp³-hybridized carbons (Fsp3) is 0.333. The standard InChI is InChI=1S/C27H27ClN8O9S2/c1-12(24(39)40)45-33-17(16-20(28)47-26(29)32-16)21(37)31-18-22(38)36-19(25(41)42)13(11-46-23(18)36)10-35-6-2-4-14-15(35)5-8-34(14)7-3-9-44-27(30)43/h2,4-6,8,12,18,23H,3,7,9-11H2,1H3,(H6-,29,30,31,32,37,39,40,41,42,43)/p+1/b33-17-/t12-,18+,23+/m0/s1. The zero-order valence-corrected chi connectivity index (χ0v) is 26.9. The fourth-order valence-corrected chi connectivity index (χ4v) is 7.27. The number of pyridine rings is 1. The topological polar surface area (TPSA) is 246 Å². The Bertz CT molecular complexity index is 1840. The summed E-state index contributed by atoms with van der Waals surface area (Å²) in [7, 11) is 0. The lowest BCUT2D eigenvalue weighted by Crippen LogP contribution is -2.71. The molecule has 20 heteroatoms. The smallest absolute Gasteiger partial charge is 0.404 e. The van der Waals surface area contributed by atoms with Crippen molar-refractivity contribution in [3.63, 3.8) is 0 Å². The monoisotopic (exact) mass is 707 g/mol. The van der Waals surface area contributed by atoms with E-state index in [1.807, 2.05) is 33.5 Å². The second-order valence-corrected chi connectivity index (χ2v) is 13.0. The van der Waals surface area contributed by atoms with Gasteiger partial charge in [0.05, 0.1) is 6.61 Å². The van der Waals surface area contributed by atoms with Crippen LogP contribution in [-0.4, -0.2) is 90.1 Å². The number of halogens is 1. The van der Waals surface area contributed by atoms with Gasteiger partial charge in [-0.15, -0.1) is 11.8 Å². The minimum Gasteiger partial charge on any atom is -0.478 e. The summed E-state index contributed by atoms with van der Waals surface area (Å²) in [6, 6.07) is 4.47. The predicted octanol–water partition coefficient (Wildman–Crippen LogP) is 0.739. The number of carbonyl (C=O) groups is 5. The Labute approximate surface area is 278 Å². The maximum Gasteiger partial charge on any atom is 0.404 e. The number of carboxylic acid groups (broad SMARTS) is 2. The molecule has 7 N–H and O–H groups in total. The summed E-state index contributed by atoms with van der Waals surface area (Å²) in [5.74, 6) is -4.02. The number of hydrogen-bond acceptors (Lipinski definition) is 12. The molecule has 0 aliphatic carbocycles. The van der Waals surface area contributed by atoms with Gasteiger partial charge in [-0.1, -0.05) is 28.1 Å². The van der Waals surface area contributed by atoms with Gasteiger partial charge < -0.3 is 41.1 Å². The van der Waals surface area contributed by atoms with E-state index in [9.17, 15) is 29.1 Å². The number of rotatable bonds is 13. The van der Waals surface area contributed by atoms with Gasteiger partial charge in [-0.2, -0.15) is 4.57 Å². The Hall–Kier alpha value is -4.88. The third-order valence-electron chi connectivity index (χ3n) is 7.19. The molecule has 5 heterocycles. The van der Waals surface area contributed by atoms with E-state index in [0.29, 0.717) is 18.5 Å². The Morgan fingerprint density at radius 1 is 1.30 bits per heavy atom. The average molecular weight is 708 g/mol. The molecule has 0 spiro atoms. The SMILES string of the molecule is C[C@H](O/N=C(\C(=O)N[C@@H]1C(=O)N2C(C(=O)O)=C(C[n+]3cccc4c3ccn4CCCOC(N)=O)CS[C@H]12)c1nc(N)sc1Cl)C(=O)O. The van der Waals surface area contributed by atoms with E-state index >= 15 is 0 Å². The highest BCUT2D eigenvalue weighted by Crippen LogP contribution is 2.40. The van der Waals surface area contributed by atoms with Crippen LogP contribution >= 0.6 is 34.7 Å². The summed E-state index contributed by atoms with van der Waals surface area (Å²) in [5, 5.41) is 24.8. The number of carboxylic acids is 2. The molecule has 3 aromatic rings. The number of primary amides is 1. The van der Waals surface area contributed by atoms with Crippen molar-refractivity contribution < 1.29 is 48.3 Å². The molecule has 0 radical (unpaired) electrons. The van der Waals surface area contributed by atoms with Crippen LogP contribution in [0.4, 0.5) is 9.93 Å². The molecule has 2 aliphatic rings. The number of nitrogens with two attached hydrogens (primary N) is 2. The van der Waals surface area contributed by atoms with Crippen LogP contribution in [0.2, 0.25) is 4.34 Å². The maximum absolute atomic E-state index is 13.4. The van der Waals surface area contributed by atoms with Crippen molar-refractivity contribution in [1.82, 2.24) is 19.8 Å². The zero-order chi connectivity index (χ0) is 34.0. The largest absolute Gasteiger partial charge is 0.478 e. The van der Waals surface area contributed by atoms with Crippen LogP contribution in [0.25, 0.3) is 11.0 Å². The van der Waals surface area contributed by atoms with Crippen LogP contribution in [0.1, 0.15) is 19.0 Å². The zero-order valence-electron chi connectivity index (χ0n) is 24.5. The van der Waals surface area contributed by atoms with Crippen molar-refractivity contribution in [2.24, 2.45) is 10.9 Å². The van der Waals surface area contributed by atoms with Crippen molar-refractivity contribution >= 4 is 86.4 Å². The molecule has 5 rings (SSSR count). The van der Waals surface area contributed by atoms with E-state index < -0.39 is 53.1 Å². The third-order valence-corrected chi connectivity index (χ3v) is 9.61. The Morgan fingerprint density at radius 2 is 2.06 bits per heavy atom.